The fraction of sp³-hybridized carbons (Fsp3) is 0.393. The van der Waals surface area contributed by atoms with Gasteiger partial charge >= 0.3 is 0 Å². The lowest BCUT2D eigenvalue weighted by Gasteiger charge is -2.34. The fourth-order valence-corrected chi connectivity index (χ4v) is 4.40. The summed E-state index contributed by atoms with van der Waals surface area (Å²) in [7, 11) is 8.06. The molecule has 1 aromatic heterocycles. The summed E-state index contributed by atoms with van der Waals surface area (Å²) in [6.45, 7) is 6.85. The number of pyridine rings is 1. The Balaban J connectivity index is 1.55. The van der Waals surface area contributed by atoms with Gasteiger partial charge in [0.25, 0.3) is 0 Å². The molecule has 3 aromatic rings. The molecule has 0 amide bonds. The first-order valence-corrected chi connectivity index (χ1v) is 12.0. The first-order chi connectivity index (χ1) is 16.5. The minimum atomic E-state index is 0.794. The highest BCUT2D eigenvalue weighted by molar-refractivity contribution is 5.51. The van der Waals surface area contributed by atoms with Gasteiger partial charge in [-0.2, -0.15) is 0 Å². The smallest absolute Gasteiger partial charge is 0.119 e. The van der Waals surface area contributed by atoms with Gasteiger partial charge in [-0.15, -0.1) is 0 Å². The predicted molar refractivity (Wildman–Crippen MR) is 141 cm³/mol. The number of ether oxygens (including phenoxy) is 1. The Morgan fingerprint density at radius 2 is 1.59 bits per heavy atom. The molecule has 2 aromatic carbocycles. The molecule has 1 fully saturated rings. The first-order valence-electron chi connectivity index (χ1n) is 12.0. The maximum absolute atomic E-state index is 5.46. The summed E-state index contributed by atoms with van der Waals surface area (Å²) in [6.07, 6.45) is 1.92. The Bertz CT molecular complexity index is 1040. The lowest BCUT2D eigenvalue weighted by atomic mass is 10.1. The van der Waals surface area contributed by atoms with Crippen molar-refractivity contribution in [2.45, 2.75) is 19.6 Å². The van der Waals surface area contributed by atoms with Gasteiger partial charge in [0.05, 0.1) is 12.8 Å². The van der Waals surface area contributed by atoms with E-state index in [2.05, 4.69) is 100 Å². The fourth-order valence-electron chi connectivity index (χ4n) is 4.40. The predicted octanol–water partition coefficient (Wildman–Crippen LogP) is 4.11. The molecule has 0 saturated carbocycles. The van der Waals surface area contributed by atoms with Crippen molar-refractivity contribution in [1.82, 2.24) is 14.8 Å². The summed E-state index contributed by atoms with van der Waals surface area (Å²) >= 11 is 0. The van der Waals surface area contributed by atoms with Gasteiger partial charge in [0, 0.05) is 63.4 Å². The van der Waals surface area contributed by atoms with Crippen molar-refractivity contribution < 1.29 is 4.74 Å². The molecule has 0 unspecified atom stereocenters. The summed E-state index contributed by atoms with van der Waals surface area (Å²) in [5, 5.41) is 0. The molecule has 0 spiro atoms. The number of methoxy groups -OCH3 is 1. The van der Waals surface area contributed by atoms with Gasteiger partial charge in [-0.05, 0) is 68.7 Å². The summed E-state index contributed by atoms with van der Waals surface area (Å²) in [6, 6.07) is 21.7. The zero-order valence-electron chi connectivity index (χ0n) is 20.9. The van der Waals surface area contributed by atoms with Gasteiger partial charge in [-0.25, -0.2) is 0 Å². The van der Waals surface area contributed by atoms with E-state index in [0.29, 0.717) is 0 Å². The number of aromatic nitrogens is 1. The first kappa shape index (κ1) is 24.0. The summed E-state index contributed by atoms with van der Waals surface area (Å²) in [5.41, 5.74) is 6.08. The Morgan fingerprint density at radius 3 is 2.29 bits per heavy atom. The second-order valence-corrected chi connectivity index (χ2v) is 9.41. The molecule has 0 bridgehead atoms. The normalized spacial score (nSPS) is 14.4. The van der Waals surface area contributed by atoms with Gasteiger partial charge in [0.15, 0.2) is 0 Å². The van der Waals surface area contributed by atoms with Crippen LogP contribution in [0, 0.1) is 0 Å². The number of rotatable bonds is 9. The third kappa shape index (κ3) is 6.49. The number of hydrogen-bond acceptors (Lipinski definition) is 6. The highest BCUT2D eigenvalue weighted by Gasteiger charge is 2.15. The average molecular weight is 460 g/mol. The van der Waals surface area contributed by atoms with Crippen molar-refractivity contribution in [3.05, 3.63) is 83.7 Å². The van der Waals surface area contributed by atoms with Crippen LogP contribution in [0.2, 0.25) is 0 Å². The van der Waals surface area contributed by atoms with Crippen molar-refractivity contribution in [2.24, 2.45) is 0 Å². The van der Waals surface area contributed by atoms with E-state index in [9.17, 15) is 0 Å². The van der Waals surface area contributed by atoms with E-state index < -0.39 is 0 Å². The van der Waals surface area contributed by atoms with Crippen LogP contribution in [-0.2, 0) is 19.6 Å². The standard InChI is InChI=1S/C28H37N5O/c1-30(2)22-25-19-27(12-13-29-25)33(21-24-6-5-7-28(18-24)34-4)20-23-8-10-26(11-9-23)32-16-14-31(3)15-17-32/h5-13,18-19H,14-17,20-22H2,1-4H3. The number of piperazine rings is 1. The Morgan fingerprint density at radius 1 is 0.853 bits per heavy atom. The van der Waals surface area contributed by atoms with Gasteiger partial charge in [-0.1, -0.05) is 24.3 Å². The summed E-state index contributed by atoms with van der Waals surface area (Å²) < 4.78 is 5.46. The lowest BCUT2D eigenvalue weighted by molar-refractivity contribution is 0.313. The molecular weight excluding hydrogens is 422 g/mol. The van der Waals surface area contributed by atoms with Crippen LogP contribution in [0.4, 0.5) is 11.4 Å². The number of nitrogens with zero attached hydrogens (tertiary/aromatic N) is 5. The van der Waals surface area contributed by atoms with Gasteiger partial charge in [-0.3, -0.25) is 4.98 Å². The maximum atomic E-state index is 5.46. The SMILES string of the molecule is COc1cccc(CN(Cc2ccc(N3CCN(C)CC3)cc2)c2ccnc(CN(C)C)c2)c1. The van der Waals surface area contributed by atoms with Crippen LogP contribution in [0.15, 0.2) is 66.9 Å². The van der Waals surface area contributed by atoms with Crippen LogP contribution in [0.5, 0.6) is 5.75 Å². The average Bonchev–Trinajstić information content (AvgIpc) is 2.84. The Labute approximate surface area is 204 Å². The quantitative estimate of drug-likeness (QED) is 0.479. The maximum Gasteiger partial charge on any atom is 0.119 e. The molecule has 6 nitrogen and oxygen atoms in total. The number of anilines is 2. The van der Waals surface area contributed by atoms with Crippen LogP contribution in [-0.4, -0.2) is 69.2 Å². The second-order valence-electron chi connectivity index (χ2n) is 9.41. The third-order valence-electron chi connectivity index (χ3n) is 6.33. The molecule has 0 atom stereocenters. The van der Waals surface area contributed by atoms with E-state index in [1.165, 1.54) is 22.5 Å². The van der Waals surface area contributed by atoms with Gasteiger partial charge in [0.1, 0.15) is 5.75 Å². The van der Waals surface area contributed by atoms with E-state index in [4.69, 9.17) is 4.74 Å². The Kier molecular flexibility index (Phi) is 8.03. The molecule has 0 aliphatic carbocycles. The topological polar surface area (TPSA) is 35.1 Å². The molecule has 1 saturated heterocycles. The molecule has 1 aliphatic rings. The second kappa shape index (κ2) is 11.4. The monoisotopic (exact) mass is 459 g/mol. The van der Waals surface area contributed by atoms with Crippen LogP contribution < -0.4 is 14.5 Å². The molecule has 34 heavy (non-hydrogen) atoms. The molecule has 0 N–H and O–H groups in total. The van der Waals surface area contributed by atoms with Gasteiger partial charge < -0.3 is 24.3 Å². The van der Waals surface area contributed by atoms with Crippen molar-refractivity contribution >= 4 is 11.4 Å². The molecule has 4 rings (SSSR count). The zero-order chi connectivity index (χ0) is 23.9. The highest BCUT2D eigenvalue weighted by Crippen LogP contribution is 2.24. The summed E-state index contributed by atoms with van der Waals surface area (Å²) in [4.78, 5) is 14.0. The molecule has 1 aliphatic heterocycles. The zero-order valence-corrected chi connectivity index (χ0v) is 20.9. The van der Waals surface area contributed by atoms with Crippen molar-refractivity contribution in [1.29, 1.82) is 0 Å². The van der Waals surface area contributed by atoms with Gasteiger partial charge in [0.2, 0.25) is 0 Å². The largest absolute Gasteiger partial charge is 0.497 e. The number of likely N-dealkylation sites (N-methyl/N-ethyl adjacent to an activating group) is 1. The third-order valence-corrected chi connectivity index (χ3v) is 6.33. The minimum Gasteiger partial charge on any atom is -0.497 e. The highest BCUT2D eigenvalue weighted by atomic mass is 16.5. The van der Waals surface area contributed by atoms with E-state index in [-0.39, 0.29) is 0 Å². The lowest BCUT2D eigenvalue weighted by Crippen LogP contribution is -2.44. The Hall–Kier alpha value is -3.09. The van der Waals surface area contributed by atoms with Crippen LogP contribution >= 0.6 is 0 Å². The minimum absolute atomic E-state index is 0.794. The van der Waals surface area contributed by atoms with E-state index in [1.54, 1.807) is 7.11 Å². The van der Waals surface area contributed by atoms with E-state index in [0.717, 1.165) is 57.3 Å². The van der Waals surface area contributed by atoms with Crippen LogP contribution in [0.1, 0.15) is 16.8 Å². The van der Waals surface area contributed by atoms with Crippen LogP contribution in [0.25, 0.3) is 0 Å². The molecular formula is C28H37N5O. The molecule has 6 heteroatoms. The van der Waals surface area contributed by atoms with Crippen molar-refractivity contribution in [3.63, 3.8) is 0 Å². The number of hydrogen-bond donors (Lipinski definition) is 0. The van der Waals surface area contributed by atoms with Crippen molar-refractivity contribution in [2.75, 3.05) is 64.2 Å². The van der Waals surface area contributed by atoms with Crippen molar-refractivity contribution in [3.8, 4) is 5.75 Å². The molecule has 0 radical (unpaired) electrons. The molecule has 2 heterocycles. The van der Waals surface area contributed by atoms with E-state index >= 15 is 0 Å². The van der Waals surface area contributed by atoms with Crippen LogP contribution in [0.3, 0.4) is 0 Å². The summed E-state index contributed by atoms with van der Waals surface area (Å²) in [5.74, 6) is 0.886. The van der Waals surface area contributed by atoms with E-state index in [1.807, 2.05) is 12.3 Å². The molecule has 180 valence electrons. The number of benzene rings is 2.